The molecular weight excluding hydrogens is 454 g/mol. The SMILES string of the molecule is CC.CC(C)CC1c2[nH]c3cc(Cl)ccc3c2CC2C(=O)NC(CC(=O)OC(C)(C)C)C(=O)N21. The molecule has 2 aliphatic heterocycles. The molecule has 1 aromatic carbocycles. The van der Waals surface area contributed by atoms with Crippen LogP contribution in [0.25, 0.3) is 10.9 Å². The zero-order valence-electron chi connectivity index (χ0n) is 21.1. The third kappa shape index (κ3) is 5.24. The number of hydrogen-bond donors (Lipinski definition) is 2. The second kappa shape index (κ2) is 9.98. The van der Waals surface area contributed by atoms with Crippen LogP contribution in [0, 0.1) is 5.92 Å². The maximum Gasteiger partial charge on any atom is 0.308 e. The van der Waals surface area contributed by atoms with Crippen LogP contribution in [-0.2, 0) is 25.5 Å². The van der Waals surface area contributed by atoms with E-state index in [0.29, 0.717) is 23.8 Å². The number of fused-ring (bicyclic) bond motifs is 4. The second-order valence-electron chi connectivity index (χ2n) is 10.2. The molecule has 4 rings (SSSR count). The van der Waals surface area contributed by atoms with E-state index < -0.39 is 23.7 Å². The van der Waals surface area contributed by atoms with Crippen molar-refractivity contribution in [1.29, 1.82) is 0 Å². The number of esters is 1. The standard InChI is InChI=1S/C24H30ClN3O4.C2H6/c1-12(2)8-18-21-15(14-7-6-13(25)9-16(14)26-21)10-19-22(30)27-17(23(31)28(18)19)11-20(29)32-24(3,4)5;1-2/h6-7,9,12,17-19,26H,8,10-11H2,1-5H3,(H,27,30);1-2H3. The smallest absolute Gasteiger partial charge is 0.308 e. The molecule has 1 saturated heterocycles. The van der Waals surface area contributed by atoms with Crippen LogP contribution >= 0.6 is 11.6 Å². The molecule has 0 bridgehead atoms. The van der Waals surface area contributed by atoms with Crippen molar-refractivity contribution in [3.8, 4) is 0 Å². The van der Waals surface area contributed by atoms with Crippen molar-refractivity contribution >= 4 is 40.3 Å². The van der Waals surface area contributed by atoms with Gasteiger partial charge in [-0.05, 0) is 50.8 Å². The van der Waals surface area contributed by atoms with Gasteiger partial charge in [-0.3, -0.25) is 14.4 Å². The summed E-state index contributed by atoms with van der Waals surface area (Å²) in [6.07, 6.45) is 0.930. The number of H-pyrrole nitrogens is 1. The molecule has 3 atom stereocenters. The fourth-order valence-corrected chi connectivity index (χ4v) is 4.98. The van der Waals surface area contributed by atoms with Crippen molar-refractivity contribution in [2.45, 2.75) is 91.5 Å². The number of carbonyl (C=O) groups is 3. The molecule has 1 fully saturated rings. The van der Waals surface area contributed by atoms with Gasteiger partial charge in [-0.15, -0.1) is 0 Å². The first-order chi connectivity index (χ1) is 15.9. The Morgan fingerprint density at radius 2 is 1.91 bits per heavy atom. The number of amides is 2. The second-order valence-corrected chi connectivity index (χ2v) is 10.6. The Bertz CT molecular complexity index is 1090. The van der Waals surface area contributed by atoms with E-state index in [-0.39, 0.29) is 24.3 Å². The van der Waals surface area contributed by atoms with Crippen LogP contribution in [0.1, 0.15) is 78.6 Å². The quantitative estimate of drug-likeness (QED) is 0.596. The number of benzene rings is 1. The zero-order chi connectivity index (χ0) is 25.4. The number of halogens is 1. The molecule has 0 radical (unpaired) electrons. The van der Waals surface area contributed by atoms with Crippen LogP contribution in [-0.4, -0.2) is 45.4 Å². The number of aromatic nitrogens is 1. The summed E-state index contributed by atoms with van der Waals surface area (Å²) < 4.78 is 5.38. The van der Waals surface area contributed by atoms with Gasteiger partial charge >= 0.3 is 5.97 Å². The minimum atomic E-state index is -0.927. The molecule has 8 heteroatoms. The van der Waals surface area contributed by atoms with E-state index >= 15 is 0 Å². The van der Waals surface area contributed by atoms with Gasteiger partial charge in [-0.25, -0.2) is 0 Å². The number of aromatic amines is 1. The van der Waals surface area contributed by atoms with Crippen LogP contribution in [0.3, 0.4) is 0 Å². The third-order valence-corrected chi connectivity index (χ3v) is 6.20. The summed E-state index contributed by atoms with van der Waals surface area (Å²) in [5, 5.41) is 4.42. The van der Waals surface area contributed by atoms with Crippen molar-refractivity contribution in [3.05, 3.63) is 34.5 Å². The van der Waals surface area contributed by atoms with E-state index in [1.807, 2.05) is 32.0 Å². The van der Waals surface area contributed by atoms with Crippen LogP contribution in [0.4, 0.5) is 0 Å². The number of nitrogens with one attached hydrogen (secondary N) is 2. The molecule has 3 heterocycles. The summed E-state index contributed by atoms with van der Waals surface area (Å²) in [4.78, 5) is 44.2. The fraction of sp³-hybridized carbons (Fsp3) is 0.577. The molecule has 2 N–H and O–H groups in total. The number of nitrogens with zero attached hydrogens (tertiary/aromatic N) is 1. The lowest BCUT2D eigenvalue weighted by Gasteiger charge is -2.46. The van der Waals surface area contributed by atoms with Gasteiger partial charge < -0.3 is 19.9 Å². The highest BCUT2D eigenvalue weighted by Crippen LogP contribution is 2.42. The van der Waals surface area contributed by atoms with Gasteiger partial charge in [0.15, 0.2) is 0 Å². The van der Waals surface area contributed by atoms with Gasteiger partial charge in [0, 0.05) is 28.0 Å². The molecule has 0 spiro atoms. The highest BCUT2D eigenvalue weighted by molar-refractivity contribution is 6.31. The Morgan fingerprint density at radius 1 is 1.24 bits per heavy atom. The lowest BCUT2D eigenvalue weighted by molar-refractivity contribution is -0.162. The Balaban J connectivity index is 0.00000158. The van der Waals surface area contributed by atoms with E-state index in [4.69, 9.17) is 16.3 Å². The van der Waals surface area contributed by atoms with Crippen molar-refractivity contribution in [2.75, 3.05) is 0 Å². The van der Waals surface area contributed by atoms with E-state index in [0.717, 1.165) is 22.2 Å². The van der Waals surface area contributed by atoms with Crippen molar-refractivity contribution < 1.29 is 19.1 Å². The summed E-state index contributed by atoms with van der Waals surface area (Å²) >= 11 is 6.19. The molecule has 2 aliphatic rings. The first-order valence-electron chi connectivity index (χ1n) is 12.1. The molecule has 0 aliphatic carbocycles. The molecule has 186 valence electrons. The van der Waals surface area contributed by atoms with Crippen LogP contribution < -0.4 is 5.32 Å². The van der Waals surface area contributed by atoms with Crippen molar-refractivity contribution in [1.82, 2.24) is 15.2 Å². The predicted octanol–water partition coefficient (Wildman–Crippen LogP) is 4.92. The van der Waals surface area contributed by atoms with Gasteiger partial charge in [-0.2, -0.15) is 0 Å². The Kier molecular flexibility index (Phi) is 7.65. The lowest BCUT2D eigenvalue weighted by atomic mass is 9.85. The van der Waals surface area contributed by atoms with E-state index in [9.17, 15) is 14.4 Å². The van der Waals surface area contributed by atoms with E-state index in [2.05, 4.69) is 24.1 Å². The van der Waals surface area contributed by atoms with Gasteiger partial charge in [0.1, 0.15) is 17.7 Å². The predicted molar refractivity (Wildman–Crippen MR) is 134 cm³/mol. The average molecular weight is 490 g/mol. The minimum absolute atomic E-state index is 0.186. The lowest BCUT2D eigenvalue weighted by Crippen LogP contribution is -2.66. The molecule has 34 heavy (non-hydrogen) atoms. The van der Waals surface area contributed by atoms with E-state index in [1.165, 1.54) is 0 Å². The number of piperazine rings is 1. The fourth-order valence-electron chi connectivity index (χ4n) is 4.80. The van der Waals surface area contributed by atoms with Crippen LogP contribution in [0.2, 0.25) is 5.02 Å². The maximum absolute atomic E-state index is 13.5. The summed E-state index contributed by atoms with van der Waals surface area (Å²) in [5.41, 5.74) is 2.24. The van der Waals surface area contributed by atoms with Crippen molar-refractivity contribution in [3.63, 3.8) is 0 Å². The summed E-state index contributed by atoms with van der Waals surface area (Å²) in [7, 11) is 0. The summed E-state index contributed by atoms with van der Waals surface area (Å²) in [5.74, 6) is -0.689. The van der Waals surface area contributed by atoms with Crippen molar-refractivity contribution in [2.24, 2.45) is 5.92 Å². The van der Waals surface area contributed by atoms with Gasteiger partial charge in [0.05, 0.1) is 12.5 Å². The topological polar surface area (TPSA) is 91.5 Å². The summed E-state index contributed by atoms with van der Waals surface area (Å²) in [6, 6.07) is 3.85. The Hall–Kier alpha value is -2.54. The minimum Gasteiger partial charge on any atom is -0.460 e. The third-order valence-electron chi connectivity index (χ3n) is 5.96. The molecule has 7 nitrogen and oxygen atoms in total. The van der Waals surface area contributed by atoms with E-state index in [1.54, 1.807) is 25.7 Å². The number of hydrogen-bond acceptors (Lipinski definition) is 4. The summed E-state index contributed by atoms with van der Waals surface area (Å²) in [6.45, 7) is 13.5. The largest absolute Gasteiger partial charge is 0.460 e. The van der Waals surface area contributed by atoms with Gasteiger partial charge in [-0.1, -0.05) is 45.4 Å². The molecule has 2 amide bonds. The highest BCUT2D eigenvalue weighted by atomic mass is 35.5. The first kappa shape index (κ1) is 26.1. The van der Waals surface area contributed by atoms with Crippen LogP contribution in [0.5, 0.6) is 0 Å². The number of carbonyl (C=O) groups excluding carboxylic acids is 3. The van der Waals surface area contributed by atoms with Gasteiger partial charge in [0.25, 0.3) is 0 Å². The molecule has 0 saturated carbocycles. The van der Waals surface area contributed by atoms with Gasteiger partial charge in [0.2, 0.25) is 11.8 Å². The zero-order valence-corrected chi connectivity index (χ0v) is 21.9. The maximum atomic E-state index is 13.5. The molecule has 1 aromatic heterocycles. The first-order valence-corrected chi connectivity index (χ1v) is 12.5. The average Bonchev–Trinajstić information content (AvgIpc) is 3.09. The molecular formula is C26H36ClN3O4. The highest BCUT2D eigenvalue weighted by Gasteiger charge is 2.49. The Morgan fingerprint density at radius 3 is 2.53 bits per heavy atom. The van der Waals surface area contributed by atoms with Crippen LogP contribution in [0.15, 0.2) is 18.2 Å². The Labute approximate surface area is 206 Å². The number of ether oxygens (including phenoxy) is 1. The molecule has 3 unspecified atom stereocenters. The molecule has 2 aromatic rings. The normalized spacial score (nSPS) is 22.0. The monoisotopic (exact) mass is 489 g/mol. The number of rotatable bonds is 4.